The van der Waals surface area contributed by atoms with Crippen LogP contribution in [0.1, 0.15) is 26.2 Å². The highest BCUT2D eigenvalue weighted by Gasteiger charge is 1.97. The Balaban J connectivity index is 2.95. The smallest absolute Gasteiger partial charge is 0.245 e. The Morgan fingerprint density at radius 1 is 1.60 bits per heavy atom. The summed E-state index contributed by atoms with van der Waals surface area (Å²) in [6, 6.07) is 0. The average molecular weight is 143 g/mol. The maximum atomic E-state index is 8.73. The van der Waals surface area contributed by atoms with Gasteiger partial charge in [0.1, 0.15) is 0 Å². The van der Waals surface area contributed by atoms with Crippen molar-refractivity contribution in [3.63, 3.8) is 0 Å². The summed E-state index contributed by atoms with van der Waals surface area (Å²) >= 11 is 0. The number of aliphatic hydroxyl groups excluding tert-OH is 1. The highest BCUT2D eigenvalue weighted by Crippen LogP contribution is 2.00. The molecule has 0 saturated carbocycles. The molecule has 0 bridgehead atoms. The molecular weight excluding hydrogens is 128 g/mol. The minimum atomic E-state index is -0.0731. The molecule has 0 aromatic carbocycles. The average Bonchev–Trinajstić information content (AvgIpc) is 1.98. The number of rotatable bonds is 6. The fraction of sp³-hybridized carbons (Fsp3) is 0.625. The number of ether oxygens (including phenoxy) is 1. The van der Waals surface area contributed by atoms with E-state index in [0.29, 0.717) is 6.61 Å². The molecule has 2 heteroatoms. The molecule has 0 aliphatic carbocycles. The van der Waals surface area contributed by atoms with Gasteiger partial charge in [0.15, 0.2) is 0 Å². The Labute approximate surface area is 62.5 Å². The first-order chi connectivity index (χ1) is 4.81. The van der Waals surface area contributed by atoms with Gasteiger partial charge in [-0.25, -0.2) is 0 Å². The van der Waals surface area contributed by atoms with E-state index in [0.717, 1.165) is 19.3 Å². The van der Waals surface area contributed by atoms with Crippen molar-refractivity contribution in [3.8, 4) is 0 Å². The van der Waals surface area contributed by atoms with Crippen molar-refractivity contribution in [2.75, 3.05) is 6.61 Å². The van der Waals surface area contributed by atoms with Gasteiger partial charge in [0, 0.05) is 0 Å². The summed E-state index contributed by atoms with van der Waals surface area (Å²) in [5.41, 5.74) is 0. The molecule has 0 fully saturated rings. The van der Waals surface area contributed by atoms with E-state index in [2.05, 4.69) is 13.5 Å². The molecule has 0 saturated heterocycles. The van der Waals surface area contributed by atoms with Crippen LogP contribution in [0.5, 0.6) is 0 Å². The van der Waals surface area contributed by atoms with Gasteiger partial charge in [-0.2, -0.15) is 0 Å². The van der Waals surface area contributed by atoms with Crippen molar-refractivity contribution in [3.05, 3.63) is 18.9 Å². The Bertz CT molecular complexity index is 81.3. The molecule has 0 rings (SSSR count). The lowest BCUT2D eigenvalue weighted by molar-refractivity contribution is 0.0305. The fourth-order valence-electron chi connectivity index (χ4n) is 0.588. The summed E-state index contributed by atoms with van der Waals surface area (Å²) in [4.78, 5) is 0. The molecule has 59 valence electrons. The van der Waals surface area contributed by atoms with Crippen LogP contribution in [0.2, 0.25) is 0 Å². The second kappa shape index (κ2) is 6.78. The molecule has 10 heavy (non-hydrogen) atoms. The zero-order valence-corrected chi connectivity index (χ0v) is 6.47. The van der Waals surface area contributed by atoms with Crippen LogP contribution in [0.15, 0.2) is 12.7 Å². The van der Waals surface area contributed by atoms with Crippen LogP contribution in [-0.4, -0.2) is 11.7 Å². The fourth-order valence-corrected chi connectivity index (χ4v) is 0.588. The molecule has 0 aromatic rings. The standard InChI is InChI=1S/C8H15O2/c1-3-5-6-7-10-8(9)4-2/h4,9H,2-3,5-7H2,1H3. The molecule has 0 aromatic heterocycles. The number of hydrogen-bond acceptors (Lipinski definition) is 2. The maximum Gasteiger partial charge on any atom is 0.245 e. The van der Waals surface area contributed by atoms with Gasteiger partial charge in [-0.15, -0.1) is 0 Å². The molecule has 0 atom stereocenters. The quantitative estimate of drug-likeness (QED) is 0.578. The molecule has 1 radical (unpaired) electrons. The molecule has 0 spiro atoms. The van der Waals surface area contributed by atoms with Crippen LogP contribution < -0.4 is 0 Å². The zero-order chi connectivity index (χ0) is 7.82. The molecule has 2 nitrogen and oxygen atoms in total. The number of hydrogen-bond donors (Lipinski definition) is 1. The van der Waals surface area contributed by atoms with Crippen molar-refractivity contribution in [1.29, 1.82) is 0 Å². The van der Waals surface area contributed by atoms with E-state index in [9.17, 15) is 0 Å². The van der Waals surface area contributed by atoms with Crippen molar-refractivity contribution < 1.29 is 9.84 Å². The van der Waals surface area contributed by atoms with Gasteiger partial charge in [0.25, 0.3) is 0 Å². The molecule has 0 aliphatic heterocycles. The minimum absolute atomic E-state index is 0.0731. The maximum absolute atomic E-state index is 8.73. The van der Waals surface area contributed by atoms with E-state index in [1.807, 2.05) is 0 Å². The first kappa shape index (κ1) is 9.66. The monoisotopic (exact) mass is 143 g/mol. The molecule has 0 heterocycles. The first-order valence-corrected chi connectivity index (χ1v) is 3.62. The molecule has 0 amide bonds. The van der Waals surface area contributed by atoms with E-state index in [1.54, 1.807) is 0 Å². The largest absolute Gasteiger partial charge is 0.358 e. The van der Waals surface area contributed by atoms with E-state index >= 15 is 0 Å². The Kier molecular flexibility index (Phi) is 6.55. The summed E-state index contributed by atoms with van der Waals surface area (Å²) in [6.45, 7) is 6.06. The Morgan fingerprint density at radius 3 is 2.80 bits per heavy atom. The molecule has 1 N–H and O–H groups in total. The predicted octanol–water partition coefficient (Wildman–Crippen LogP) is 2.24. The summed E-state index contributed by atoms with van der Waals surface area (Å²) in [5, 5.41) is 8.73. The van der Waals surface area contributed by atoms with Crippen molar-refractivity contribution in [1.82, 2.24) is 0 Å². The van der Waals surface area contributed by atoms with Crippen LogP contribution in [0.25, 0.3) is 0 Å². The SMILES string of the molecule is C=C[C](O)OCCCCC. The van der Waals surface area contributed by atoms with Gasteiger partial charge in [0.2, 0.25) is 6.29 Å². The van der Waals surface area contributed by atoms with E-state index in [1.165, 1.54) is 6.08 Å². The lowest BCUT2D eigenvalue weighted by Crippen LogP contribution is -1.99. The Hall–Kier alpha value is -0.340. The van der Waals surface area contributed by atoms with Crippen LogP contribution in [0.3, 0.4) is 0 Å². The summed E-state index contributed by atoms with van der Waals surface area (Å²) in [7, 11) is 0. The predicted molar refractivity (Wildman–Crippen MR) is 40.9 cm³/mol. The second-order valence-electron chi connectivity index (χ2n) is 2.10. The van der Waals surface area contributed by atoms with Crippen LogP contribution in [0.4, 0.5) is 0 Å². The van der Waals surface area contributed by atoms with Crippen molar-refractivity contribution in [2.45, 2.75) is 26.2 Å². The van der Waals surface area contributed by atoms with E-state index in [-0.39, 0.29) is 6.29 Å². The molecule has 0 aliphatic rings. The van der Waals surface area contributed by atoms with Crippen molar-refractivity contribution >= 4 is 0 Å². The van der Waals surface area contributed by atoms with Crippen LogP contribution >= 0.6 is 0 Å². The molecule has 0 unspecified atom stereocenters. The van der Waals surface area contributed by atoms with E-state index in [4.69, 9.17) is 9.84 Å². The minimum Gasteiger partial charge on any atom is -0.358 e. The van der Waals surface area contributed by atoms with Crippen LogP contribution in [0, 0.1) is 6.29 Å². The number of aliphatic hydroxyl groups is 1. The third-order valence-electron chi connectivity index (χ3n) is 1.17. The lowest BCUT2D eigenvalue weighted by Gasteiger charge is -2.03. The summed E-state index contributed by atoms with van der Waals surface area (Å²) < 4.78 is 4.85. The topological polar surface area (TPSA) is 29.5 Å². The van der Waals surface area contributed by atoms with Gasteiger partial charge in [-0.1, -0.05) is 26.3 Å². The summed E-state index contributed by atoms with van der Waals surface area (Å²) in [6.07, 6.45) is 4.53. The van der Waals surface area contributed by atoms with Gasteiger partial charge in [-0.3, -0.25) is 0 Å². The zero-order valence-electron chi connectivity index (χ0n) is 6.47. The highest BCUT2D eigenvalue weighted by molar-refractivity contribution is 4.85. The Morgan fingerprint density at radius 2 is 2.30 bits per heavy atom. The third-order valence-corrected chi connectivity index (χ3v) is 1.17. The number of unbranched alkanes of at least 4 members (excludes halogenated alkanes) is 2. The summed E-state index contributed by atoms with van der Waals surface area (Å²) in [5.74, 6) is 0. The second-order valence-corrected chi connectivity index (χ2v) is 2.10. The van der Waals surface area contributed by atoms with Crippen molar-refractivity contribution in [2.24, 2.45) is 0 Å². The third kappa shape index (κ3) is 5.79. The highest BCUT2D eigenvalue weighted by atomic mass is 16.6. The first-order valence-electron chi connectivity index (χ1n) is 3.62. The van der Waals surface area contributed by atoms with E-state index < -0.39 is 0 Å². The van der Waals surface area contributed by atoms with Gasteiger partial charge in [-0.05, 0) is 12.5 Å². The normalized spacial score (nSPS) is 10.3. The molecular formula is C8H15O2. The van der Waals surface area contributed by atoms with Gasteiger partial charge in [0.05, 0.1) is 6.61 Å². The van der Waals surface area contributed by atoms with Crippen LogP contribution in [-0.2, 0) is 4.74 Å². The van der Waals surface area contributed by atoms with Gasteiger partial charge < -0.3 is 9.84 Å². The lowest BCUT2D eigenvalue weighted by atomic mass is 10.3. The van der Waals surface area contributed by atoms with Gasteiger partial charge >= 0.3 is 0 Å².